The molecule has 2 bridgehead atoms. The summed E-state index contributed by atoms with van der Waals surface area (Å²) in [6.07, 6.45) is 4.71. The monoisotopic (exact) mass is 290 g/mol. The summed E-state index contributed by atoms with van der Waals surface area (Å²) in [5.41, 5.74) is 6.66. The lowest BCUT2D eigenvalue weighted by molar-refractivity contribution is 0.311. The largest absolute Gasteiger partial charge is 0.380 e. The van der Waals surface area contributed by atoms with Gasteiger partial charge >= 0.3 is 0 Å². The van der Waals surface area contributed by atoms with Crippen molar-refractivity contribution in [3.05, 3.63) is 35.6 Å². The molecule has 0 spiro atoms. The van der Waals surface area contributed by atoms with Gasteiger partial charge in [0.15, 0.2) is 5.82 Å². The average molecular weight is 290 g/mol. The molecule has 0 amide bonds. The number of nitrogens with two attached hydrogens (primary N) is 1. The summed E-state index contributed by atoms with van der Waals surface area (Å²) >= 11 is 0. The second-order valence-corrected chi connectivity index (χ2v) is 6.21. The van der Waals surface area contributed by atoms with Crippen LogP contribution in [0.2, 0.25) is 0 Å². The van der Waals surface area contributed by atoms with Crippen molar-refractivity contribution in [2.75, 3.05) is 5.73 Å². The molecule has 2 aliphatic rings. The van der Waals surface area contributed by atoms with Crippen molar-refractivity contribution in [1.29, 1.82) is 0 Å². The van der Waals surface area contributed by atoms with Gasteiger partial charge in [0.2, 0.25) is 0 Å². The zero-order chi connectivity index (χ0) is 14.6. The van der Waals surface area contributed by atoms with E-state index < -0.39 is 11.6 Å². The number of halogens is 2. The predicted molar refractivity (Wildman–Crippen MR) is 74.5 cm³/mol. The molecule has 3 atom stereocenters. The number of hydrogen-bond acceptors (Lipinski definition) is 3. The Balaban J connectivity index is 1.80. The maximum atomic E-state index is 14.1. The van der Waals surface area contributed by atoms with Crippen LogP contribution in [-0.2, 0) is 0 Å². The second kappa shape index (κ2) is 4.55. The first kappa shape index (κ1) is 12.8. The van der Waals surface area contributed by atoms with Crippen molar-refractivity contribution in [2.24, 2.45) is 11.8 Å². The molecule has 2 fully saturated rings. The van der Waals surface area contributed by atoms with E-state index in [1.807, 2.05) is 0 Å². The number of fused-ring (bicyclic) bond motifs is 2. The highest BCUT2D eigenvalue weighted by Gasteiger charge is 2.43. The first-order valence-electron chi connectivity index (χ1n) is 7.34. The van der Waals surface area contributed by atoms with Crippen LogP contribution < -0.4 is 5.73 Å². The van der Waals surface area contributed by atoms with Gasteiger partial charge in [-0.1, -0.05) is 11.6 Å². The van der Waals surface area contributed by atoms with Gasteiger partial charge in [0.25, 0.3) is 0 Å². The molecule has 2 aromatic rings. The fourth-order valence-corrected chi connectivity index (χ4v) is 4.10. The number of anilines is 1. The molecule has 2 saturated carbocycles. The van der Waals surface area contributed by atoms with Crippen molar-refractivity contribution in [1.82, 2.24) is 5.16 Å². The van der Waals surface area contributed by atoms with Gasteiger partial charge in [0, 0.05) is 17.5 Å². The third-order valence-electron chi connectivity index (χ3n) is 5.02. The van der Waals surface area contributed by atoms with E-state index >= 15 is 0 Å². The van der Waals surface area contributed by atoms with Gasteiger partial charge in [0.1, 0.15) is 17.4 Å². The summed E-state index contributed by atoms with van der Waals surface area (Å²) in [6, 6.07) is 3.51. The minimum absolute atomic E-state index is 0.179. The van der Waals surface area contributed by atoms with Crippen LogP contribution in [0.25, 0.3) is 11.1 Å². The van der Waals surface area contributed by atoms with Crippen LogP contribution in [0.5, 0.6) is 0 Å². The van der Waals surface area contributed by atoms with Gasteiger partial charge in [-0.05, 0) is 43.2 Å². The molecule has 5 heteroatoms. The lowest BCUT2D eigenvalue weighted by Crippen LogP contribution is -2.09. The summed E-state index contributed by atoms with van der Waals surface area (Å²) in [4.78, 5) is 0. The minimum atomic E-state index is -0.630. The molecule has 3 unspecified atom stereocenters. The fraction of sp³-hybridized carbons (Fsp3) is 0.438. The van der Waals surface area contributed by atoms with E-state index in [1.165, 1.54) is 31.4 Å². The molecule has 21 heavy (non-hydrogen) atoms. The Hall–Kier alpha value is -1.91. The first-order valence-corrected chi connectivity index (χ1v) is 7.34. The molecule has 1 heterocycles. The highest BCUT2D eigenvalue weighted by atomic mass is 19.1. The standard InChI is InChI=1S/C16H16F2N2O/c17-10-3-4-11(13(18)7-10)14-15(21-20-16(14)19)12-6-8-1-2-9(12)5-8/h3-4,7-9,12H,1-2,5-6H2,(H2,19,20). The van der Waals surface area contributed by atoms with Gasteiger partial charge in [0.05, 0.1) is 5.56 Å². The summed E-state index contributed by atoms with van der Waals surface area (Å²) in [5, 5.41) is 3.83. The molecule has 0 saturated heterocycles. The van der Waals surface area contributed by atoms with Crippen molar-refractivity contribution >= 4 is 5.82 Å². The van der Waals surface area contributed by atoms with Crippen LogP contribution in [-0.4, -0.2) is 5.16 Å². The van der Waals surface area contributed by atoms with Gasteiger partial charge in [-0.2, -0.15) is 0 Å². The molecule has 110 valence electrons. The topological polar surface area (TPSA) is 52.0 Å². The summed E-state index contributed by atoms with van der Waals surface area (Å²) < 4.78 is 32.6. The maximum Gasteiger partial charge on any atom is 0.175 e. The van der Waals surface area contributed by atoms with Gasteiger partial charge in [-0.3, -0.25) is 0 Å². The van der Waals surface area contributed by atoms with Gasteiger partial charge in [-0.15, -0.1) is 0 Å². The van der Waals surface area contributed by atoms with E-state index in [0.29, 0.717) is 17.2 Å². The zero-order valence-corrected chi connectivity index (χ0v) is 11.5. The number of aromatic nitrogens is 1. The molecular formula is C16H16F2N2O. The van der Waals surface area contributed by atoms with Crippen LogP contribution in [0, 0.1) is 23.5 Å². The number of nitrogens with zero attached hydrogens (tertiary/aromatic N) is 1. The molecule has 2 aliphatic carbocycles. The van der Waals surface area contributed by atoms with Crippen LogP contribution in [0.15, 0.2) is 22.7 Å². The average Bonchev–Trinajstić information content (AvgIpc) is 3.14. The second-order valence-electron chi connectivity index (χ2n) is 6.21. The van der Waals surface area contributed by atoms with Crippen LogP contribution >= 0.6 is 0 Å². The molecule has 3 nitrogen and oxygen atoms in total. The molecular weight excluding hydrogens is 274 g/mol. The van der Waals surface area contributed by atoms with E-state index in [1.54, 1.807) is 0 Å². The van der Waals surface area contributed by atoms with Gasteiger partial charge in [-0.25, -0.2) is 8.78 Å². The Labute approximate surface area is 121 Å². The molecule has 0 radical (unpaired) electrons. The van der Waals surface area contributed by atoms with Crippen LogP contribution in [0.4, 0.5) is 14.6 Å². The highest BCUT2D eigenvalue weighted by molar-refractivity contribution is 5.76. The summed E-state index contributed by atoms with van der Waals surface area (Å²) in [6.45, 7) is 0. The predicted octanol–water partition coefficient (Wildman–Crippen LogP) is 4.11. The quantitative estimate of drug-likeness (QED) is 0.905. The smallest absolute Gasteiger partial charge is 0.175 e. The Bertz CT molecular complexity index is 698. The maximum absolute atomic E-state index is 14.1. The van der Waals surface area contributed by atoms with E-state index in [-0.39, 0.29) is 17.3 Å². The van der Waals surface area contributed by atoms with E-state index in [4.69, 9.17) is 10.3 Å². The van der Waals surface area contributed by atoms with E-state index in [2.05, 4.69) is 5.16 Å². The number of rotatable bonds is 2. The van der Waals surface area contributed by atoms with E-state index in [9.17, 15) is 8.78 Å². The Morgan fingerprint density at radius 1 is 1.19 bits per heavy atom. The third kappa shape index (κ3) is 1.94. The van der Waals surface area contributed by atoms with Crippen LogP contribution in [0.1, 0.15) is 37.4 Å². The Kier molecular flexibility index (Phi) is 2.77. The SMILES string of the molecule is Nc1noc(C2CC3CCC2C3)c1-c1ccc(F)cc1F. The third-order valence-corrected chi connectivity index (χ3v) is 5.02. The fourth-order valence-electron chi connectivity index (χ4n) is 4.10. The minimum Gasteiger partial charge on any atom is -0.380 e. The lowest BCUT2D eigenvalue weighted by atomic mass is 9.84. The molecule has 2 N–H and O–H groups in total. The highest BCUT2D eigenvalue weighted by Crippen LogP contribution is 2.55. The first-order chi connectivity index (χ1) is 10.1. The summed E-state index contributed by atoms with van der Waals surface area (Å²) in [5.74, 6) is 1.18. The van der Waals surface area contributed by atoms with Crippen molar-refractivity contribution in [3.8, 4) is 11.1 Å². The van der Waals surface area contributed by atoms with Gasteiger partial charge < -0.3 is 10.3 Å². The zero-order valence-electron chi connectivity index (χ0n) is 11.5. The van der Waals surface area contributed by atoms with E-state index in [0.717, 1.165) is 18.4 Å². The number of nitrogen functional groups attached to an aromatic ring is 1. The number of hydrogen-bond donors (Lipinski definition) is 1. The number of benzene rings is 1. The van der Waals surface area contributed by atoms with Crippen molar-refractivity contribution < 1.29 is 13.3 Å². The molecule has 0 aliphatic heterocycles. The van der Waals surface area contributed by atoms with Crippen LogP contribution in [0.3, 0.4) is 0 Å². The Morgan fingerprint density at radius 3 is 2.71 bits per heavy atom. The normalized spacial score (nSPS) is 27.4. The lowest BCUT2D eigenvalue weighted by Gasteiger charge is -2.20. The molecule has 4 rings (SSSR count). The molecule has 1 aromatic carbocycles. The van der Waals surface area contributed by atoms with Crippen molar-refractivity contribution in [2.45, 2.75) is 31.6 Å². The molecule has 1 aromatic heterocycles. The summed E-state index contributed by atoms with van der Waals surface area (Å²) in [7, 11) is 0. The van der Waals surface area contributed by atoms with Crippen molar-refractivity contribution in [3.63, 3.8) is 0 Å². The Morgan fingerprint density at radius 2 is 2.05 bits per heavy atom.